The highest BCUT2D eigenvalue weighted by Gasteiger charge is 2.17. The Morgan fingerprint density at radius 3 is 2.38 bits per heavy atom. The molecule has 0 amide bonds. The molecule has 0 unspecified atom stereocenters. The molecule has 0 fully saturated rings. The second kappa shape index (κ2) is 7.35. The molecule has 2 aromatic rings. The topological polar surface area (TPSA) is 123 Å². The lowest BCUT2D eigenvalue weighted by Crippen LogP contribution is -2.12. The maximum atomic E-state index is 11.7. The molecule has 124 valence electrons. The first kappa shape index (κ1) is 17.8. The maximum absolute atomic E-state index is 11.7. The number of benzene rings is 2. The van der Waals surface area contributed by atoms with Gasteiger partial charge in [0.1, 0.15) is 10.6 Å². The van der Waals surface area contributed by atoms with Gasteiger partial charge in [-0.05, 0) is 41.6 Å². The average Bonchev–Trinajstić information content (AvgIpc) is 2.54. The molecule has 0 atom stereocenters. The summed E-state index contributed by atoms with van der Waals surface area (Å²) in [6.45, 7) is 0. The summed E-state index contributed by atoms with van der Waals surface area (Å²) in [5, 5.41) is 20.5. The summed E-state index contributed by atoms with van der Waals surface area (Å²) in [7, 11) is -4.52. The Bertz CT molecular complexity index is 917. The number of aliphatic imine (C=N–C) groups is 1. The first-order valence-corrected chi connectivity index (χ1v) is 9.20. The van der Waals surface area contributed by atoms with E-state index in [0.29, 0.717) is 11.1 Å². The van der Waals surface area contributed by atoms with E-state index in [2.05, 4.69) is 10.3 Å². The highest BCUT2D eigenvalue weighted by Crippen LogP contribution is 2.31. The molecule has 2 aromatic carbocycles. The quantitative estimate of drug-likeness (QED) is 0.252. The molecule has 0 aromatic heterocycles. The standard InChI is InChI=1S/C15H13N3O4S2/c1-23-15(17-9-16)18-13-7-4-11(8-14(13)24(20,21)22)10-2-5-12(19)6-3-10/h2-8,19H,1H3,(H,17,18)(H,20,21,22). The Kier molecular flexibility index (Phi) is 5.46. The van der Waals surface area contributed by atoms with Crippen LogP contribution < -0.4 is 5.32 Å². The second-order valence-electron chi connectivity index (χ2n) is 4.56. The fourth-order valence-corrected chi connectivity index (χ4v) is 2.92. The van der Waals surface area contributed by atoms with E-state index in [0.717, 1.165) is 11.8 Å². The van der Waals surface area contributed by atoms with Crippen molar-refractivity contribution in [2.24, 2.45) is 4.99 Å². The number of thioether (sulfide) groups is 1. The lowest BCUT2D eigenvalue weighted by atomic mass is 10.1. The highest BCUT2D eigenvalue weighted by molar-refractivity contribution is 8.13. The number of amidine groups is 1. The van der Waals surface area contributed by atoms with E-state index >= 15 is 0 Å². The van der Waals surface area contributed by atoms with Crippen LogP contribution >= 0.6 is 11.8 Å². The van der Waals surface area contributed by atoms with Crippen molar-refractivity contribution in [2.45, 2.75) is 4.90 Å². The van der Waals surface area contributed by atoms with Crippen LogP contribution in [0.1, 0.15) is 0 Å². The fraction of sp³-hybridized carbons (Fsp3) is 0.0667. The molecule has 0 aliphatic heterocycles. The van der Waals surface area contributed by atoms with Gasteiger partial charge in [0, 0.05) is 0 Å². The van der Waals surface area contributed by atoms with Crippen molar-refractivity contribution < 1.29 is 18.1 Å². The van der Waals surface area contributed by atoms with Gasteiger partial charge in [-0.15, -0.1) is 0 Å². The molecule has 0 heterocycles. The molecule has 0 saturated carbocycles. The third-order valence-corrected chi connectivity index (χ3v) is 4.48. The van der Waals surface area contributed by atoms with Crippen LogP contribution in [0.15, 0.2) is 52.4 Å². The van der Waals surface area contributed by atoms with Gasteiger partial charge in [-0.25, -0.2) is 4.99 Å². The molecule has 0 aliphatic carbocycles. The Hall–Kier alpha value is -2.54. The summed E-state index contributed by atoms with van der Waals surface area (Å²) < 4.78 is 32.8. The van der Waals surface area contributed by atoms with Crippen LogP contribution in [0.25, 0.3) is 11.1 Å². The summed E-state index contributed by atoms with van der Waals surface area (Å²) >= 11 is 1.12. The maximum Gasteiger partial charge on any atom is 0.296 e. The molecule has 3 N–H and O–H groups in total. The van der Waals surface area contributed by atoms with Crippen molar-refractivity contribution in [1.82, 2.24) is 5.32 Å². The van der Waals surface area contributed by atoms with Crippen LogP contribution in [-0.2, 0) is 10.1 Å². The zero-order valence-corrected chi connectivity index (χ0v) is 14.1. The molecule has 0 bridgehead atoms. The summed E-state index contributed by atoms with van der Waals surface area (Å²) in [6, 6.07) is 10.5. The lowest BCUT2D eigenvalue weighted by Gasteiger charge is -2.08. The molecule has 0 saturated heterocycles. The number of phenolic OH excluding ortho intramolecular Hbond substituents is 1. The van der Waals surface area contributed by atoms with E-state index in [9.17, 15) is 18.1 Å². The first-order chi connectivity index (χ1) is 11.3. The molecule has 0 spiro atoms. The molecule has 24 heavy (non-hydrogen) atoms. The number of rotatable bonds is 3. The fourth-order valence-electron chi connectivity index (χ4n) is 1.93. The summed E-state index contributed by atoms with van der Waals surface area (Å²) in [5.41, 5.74) is 1.20. The Morgan fingerprint density at radius 1 is 1.21 bits per heavy atom. The van der Waals surface area contributed by atoms with Crippen LogP contribution in [0, 0.1) is 11.5 Å². The molecular formula is C15H13N3O4S2. The Morgan fingerprint density at radius 2 is 1.83 bits per heavy atom. The van der Waals surface area contributed by atoms with Crippen molar-refractivity contribution in [3.05, 3.63) is 42.5 Å². The molecule has 0 aliphatic rings. The number of hydrogen-bond acceptors (Lipinski definition) is 6. The van der Waals surface area contributed by atoms with Gasteiger partial charge in [-0.3, -0.25) is 9.87 Å². The van der Waals surface area contributed by atoms with Crippen LogP contribution in [0.5, 0.6) is 5.75 Å². The van der Waals surface area contributed by atoms with Crippen molar-refractivity contribution >= 4 is 32.7 Å². The van der Waals surface area contributed by atoms with Crippen molar-refractivity contribution in [1.29, 1.82) is 5.26 Å². The molecule has 0 radical (unpaired) electrons. The summed E-state index contributed by atoms with van der Waals surface area (Å²) in [5.74, 6) is 0.0853. The van der Waals surface area contributed by atoms with Crippen LogP contribution in [0.4, 0.5) is 5.69 Å². The van der Waals surface area contributed by atoms with E-state index in [-0.39, 0.29) is 21.5 Å². The van der Waals surface area contributed by atoms with Crippen molar-refractivity contribution in [2.75, 3.05) is 6.26 Å². The number of aromatic hydroxyl groups is 1. The molecular weight excluding hydrogens is 350 g/mol. The van der Waals surface area contributed by atoms with Gasteiger partial charge in [0.25, 0.3) is 10.1 Å². The van der Waals surface area contributed by atoms with E-state index in [4.69, 9.17) is 5.26 Å². The number of nitrogens with zero attached hydrogens (tertiary/aromatic N) is 2. The number of hydrogen-bond donors (Lipinski definition) is 3. The van der Waals surface area contributed by atoms with Crippen LogP contribution in [0.2, 0.25) is 0 Å². The van der Waals surface area contributed by atoms with Gasteiger partial charge < -0.3 is 5.11 Å². The van der Waals surface area contributed by atoms with E-state index in [1.54, 1.807) is 30.6 Å². The van der Waals surface area contributed by atoms with Gasteiger partial charge in [0.15, 0.2) is 11.4 Å². The molecule has 9 heteroatoms. The lowest BCUT2D eigenvalue weighted by molar-refractivity contribution is 0.475. The van der Waals surface area contributed by atoms with Gasteiger partial charge >= 0.3 is 0 Å². The minimum Gasteiger partial charge on any atom is -0.508 e. The average molecular weight is 363 g/mol. The van der Waals surface area contributed by atoms with E-state index in [1.807, 2.05) is 0 Å². The van der Waals surface area contributed by atoms with Gasteiger partial charge in [0.05, 0.1) is 5.69 Å². The summed E-state index contributed by atoms with van der Waals surface area (Å²) in [4.78, 5) is 3.67. The second-order valence-corrected chi connectivity index (χ2v) is 6.75. The number of nitriles is 1. The predicted molar refractivity (Wildman–Crippen MR) is 92.7 cm³/mol. The third-order valence-electron chi connectivity index (χ3n) is 3.02. The first-order valence-electron chi connectivity index (χ1n) is 6.54. The normalized spacial score (nSPS) is 11.8. The number of nitrogens with one attached hydrogen (secondary N) is 1. The highest BCUT2D eigenvalue weighted by atomic mass is 32.2. The minimum atomic E-state index is -4.52. The van der Waals surface area contributed by atoms with E-state index < -0.39 is 10.1 Å². The zero-order valence-electron chi connectivity index (χ0n) is 12.5. The third kappa shape index (κ3) is 4.26. The zero-order chi connectivity index (χ0) is 17.7. The Balaban J connectivity index is 2.59. The molecule has 7 nitrogen and oxygen atoms in total. The van der Waals surface area contributed by atoms with Crippen LogP contribution in [-0.4, -0.2) is 29.5 Å². The minimum absolute atomic E-state index is 0.00660. The van der Waals surface area contributed by atoms with Gasteiger partial charge in [-0.1, -0.05) is 30.0 Å². The van der Waals surface area contributed by atoms with Crippen molar-refractivity contribution in [3.63, 3.8) is 0 Å². The smallest absolute Gasteiger partial charge is 0.296 e. The van der Waals surface area contributed by atoms with E-state index in [1.165, 1.54) is 24.3 Å². The largest absolute Gasteiger partial charge is 0.508 e. The summed E-state index contributed by atoms with van der Waals surface area (Å²) in [6.07, 6.45) is 3.37. The SMILES string of the molecule is CSC(=Nc1ccc(-c2ccc(O)cc2)cc1S(=O)(=O)O)NC#N. The van der Waals surface area contributed by atoms with Crippen LogP contribution in [0.3, 0.4) is 0 Å². The Labute approximate surface area is 143 Å². The molecule has 2 rings (SSSR count). The predicted octanol–water partition coefficient (Wildman–Crippen LogP) is 2.73. The monoisotopic (exact) mass is 363 g/mol. The van der Waals surface area contributed by atoms with Gasteiger partial charge in [0.2, 0.25) is 0 Å². The van der Waals surface area contributed by atoms with Crippen molar-refractivity contribution in [3.8, 4) is 23.1 Å². The van der Waals surface area contributed by atoms with Gasteiger partial charge in [-0.2, -0.15) is 13.7 Å². The number of phenols is 1.